The van der Waals surface area contributed by atoms with E-state index in [0.717, 1.165) is 23.2 Å². The predicted molar refractivity (Wildman–Crippen MR) is 108 cm³/mol. The van der Waals surface area contributed by atoms with Crippen LogP contribution in [0.4, 0.5) is 17.1 Å². The second-order valence-electron chi connectivity index (χ2n) is 7.54. The van der Waals surface area contributed by atoms with Gasteiger partial charge in [-0.25, -0.2) is 0 Å². The molecule has 1 aliphatic carbocycles. The molecule has 1 heterocycles. The lowest BCUT2D eigenvalue weighted by Crippen LogP contribution is -2.30. The van der Waals surface area contributed by atoms with Gasteiger partial charge in [0.15, 0.2) is 0 Å². The van der Waals surface area contributed by atoms with Crippen LogP contribution in [-0.4, -0.2) is 9.85 Å². The van der Waals surface area contributed by atoms with Gasteiger partial charge in [0.25, 0.3) is 11.4 Å². The van der Waals surface area contributed by atoms with Crippen molar-refractivity contribution >= 4 is 17.1 Å². The highest BCUT2D eigenvalue weighted by Crippen LogP contribution is 2.54. The summed E-state index contributed by atoms with van der Waals surface area (Å²) in [5.41, 5.74) is 5.38. The first-order chi connectivity index (χ1) is 14.0. The minimum Gasteiger partial charge on any atom is -0.378 e. The molecule has 0 unspecified atom stereocenters. The van der Waals surface area contributed by atoms with Crippen LogP contribution in [0.2, 0.25) is 0 Å². The number of nitro benzene ring substituents is 2. The van der Waals surface area contributed by atoms with E-state index >= 15 is 0 Å². The third-order valence-electron chi connectivity index (χ3n) is 6.06. The first-order valence-corrected chi connectivity index (χ1v) is 9.40. The molecule has 144 valence electrons. The lowest BCUT2D eigenvalue weighted by atomic mass is 9.75. The van der Waals surface area contributed by atoms with Crippen LogP contribution in [0.25, 0.3) is 0 Å². The lowest BCUT2D eigenvalue weighted by molar-refractivity contribution is -0.385. The second kappa shape index (κ2) is 6.41. The third kappa shape index (κ3) is 2.74. The molecule has 7 nitrogen and oxygen atoms in total. The van der Waals surface area contributed by atoms with E-state index in [1.165, 1.54) is 29.3 Å². The van der Waals surface area contributed by atoms with E-state index in [4.69, 9.17) is 0 Å². The summed E-state index contributed by atoms with van der Waals surface area (Å²) in [6.07, 6.45) is 0.845. The summed E-state index contributed by atoms with van der Waals surface area (Å²) in [4.78, 5) is 21.6. The summed E-state index contributed by atoms with van der Waals surface area (Å²) in [5.74, 6) is 0.214. The van der Waals surface area contributed by atoms with E-state index in [-0.39, 0.29) is 34.2 Å². The number of hydrogen-bond acceptors (Lipinski definition) is 5. The molecule has 0 amide bonds. The number of anilines is 1. The number of rotatable bonds is 3. The molecule has 0 saturated carbocycles. The highest BCUT2D eigenvalue weighted by molar-refractivity contribution is 5.65. The Hall–Kier alpha value is -3.74. The van der Waals surface area contributed by atoms with Gasteiger partial charge < -0.3 is 5.32 Å². The molecule has 29 heavy (non-hydrogen) atoms. The van der Waals surface area contributed by atoms with Gasteiger partial charge in [-0.1, -0.05) is 36.4 Å². The number of nitro groups is 2. The molecule has 3 atom stereocenters. The summed E-state index contributed by atoms with van der Waals surface area (Å²) >= 11 is 0. The van der Waals surface area contributed by atoms with E-state index < -0.39 is 4.92 Å². The van der Waals surface area contributed by atoms with Gasteiger partial charge in [0, 0.05) is 35.9 Å². The summed E-state index contributed by atoms with van der Waals surface area (Å²) in [6.45, 7) is 0. The average Bonchev–Trinajstić information content (AvgIpc) is 3.12. The quantitative estimate of drug-likeness (QED) is 0.505. The van der Waals surface area contributed by atoms with Crippen LogP contribution in [0.3, 0.4) is 0 Å². The molecule has 0 aromatic heterocycles. The van der Waals surface area contributed by atoms with Gasteiger partial charge in [0.1, 0.15) is 0 Å². The molecule has 1 N–H and O–H groups in total. The number of non-ortho nitro benzene ring substituents is 2. The van der Waals surface area contributed by atoms with Crippen molar-refractivity contribution in [1.82, 2.24) is 0 Å². The maximum atomic E-state index is 11.3. The Morgan fingerprint density at radius 2 is 1.52 bits per heavy atom. The van der Waals surface area contributed by atoms with Crippen LogP contribution in [0, 0.1) is 26.1 Å². The predicted octanol–water partition coefficient (Wildman–Crippen LogP) is 4.97. The lowest BCUT2D eigenvalue weighted by Gasteiger charge is -2.37. The monoisotopic (exact) mass is 387 g/mol. The van der Waals surface area contributed by atoms with Gasteiger partial charge >= 0.3 is 0 Å². The van der Waals surface area contributed by atoms with E-state index in [2.05, 4.69) is 17.4 Å². The van der Waals surface area contributed by atoms with Gasteiger partial charge in [-0.05, 0) is 40.7 Å². The van der Waals surface area contributed by atoms with Crippen LogP contribution in [0.15, 0.2) is 66.7 Å². The summed E-state index contributed by atoms with van der Waals surface area (Å²) in [6, 6.07) is 19.8. The summed E-state index contributed by atoms with van der Waals surface area (Å²) < 4.78 is 0. The van der Waals surface area contributed by atoms with Crippen molar-refractivity contribution in [3.8, 4) is 0 Å². The molecular weight excluding hydrogens is 370 g/mol. The Morgan fingerprint density at radius 3 is 2.24 bits per heavy atom. The highest BCUT2D eigenvalue weighted by atomic mass is 16.6. The zero-order valence-electron chi connectivity index (χ0n) is 15.3. The van der Waals surface area contributed by atoms with Crippen LogP contribution in [-0.2, 0) is 6.42 Å². The topological polar surface area (TPSA) is 98.3 Å². The molecule has 7 heteroatoms. The second-order valence-corrected chi connectivity index (χ2v) is 7.54. The zero-order valence-corrected chi connectivity index (χ0v) is 15.3. The van der Waals surface area contributed by atoms with Crippen molar-refractivity contribution in [3.63, 3.8) is 0 Å². The van der Waals surface area contributed by atoms with Gasteiger partial charge in [-0.15, -0.1) is 0 Å². The van der Waals surface area contributed by atoms with Gasteiger partial charge in [0.05, 0.1) is 15.9 Å². The molecule has 0 bridgehead atoms. The van der Waals surface area contributed by atoms with Gasteiger partial charge in [0.2, 0.25) is 0 Å². The molecule has 0 fully saturated rings. The standard InChI is InChI=1S/C22H17N3O4/c26-24(27)15-7-5-13(6-8-15)22-19-11-14-3-1-2-4-17(14)21(19)18-12-16(25(28)29)9-10-20(18)23-22/h1-10,12,19,21-23H,11H2/t19-,21+,22+/m1/s1. The summed E-state index contributed by atoms with van der Waals surface area (Å²) in [5, 5.41) is 25.9. The molecule has 5 rings (SSSR count). The van der Waals surface area contributed by atoms with E-state index in [9.17, 15) is 20.2 Å². The van der Waals surface area contributed by atoms with Crippen LogP contribution in [0.5, 0.6) is 0 Å². The SMILES string of the molecule is O=[N+]([O-])c1ccc([C@@H]2Nc3ccc([N+](=O)[O-])cc3[C@@H]3c4ccccc4C[C@H]32)cc1. The van der Waals surface area contributed by atoms with Crippen molar-refractivity contribution in [3.05, 3.63) is 109 Å². The van der Waals surface area contributed by atoms with Gasteiger partial charge in [-0.3, -0.25) is 20.2 Å². The first-order valence-electron chi connectivity index (χ1n) is 9.40. The number of hydrogen-bond donors (Lipinski definition) is 1. The van der Waals surface area contributed by atoms with Gasteiger partial charge in [-0.2, -0.15) is 0 Å². The van der Waals surface area contributed by atoms with Crippen LogP contribution < -0.4 is 5.32 Å². The van der Waals surface area contributed by atoms with Crippen molar-refractivity contribution in [1.29, 1.82) is 0 Å². The largest absolute Gasteiger partial charge is 0.378 e. The van der Waals surface area contributed by atoms with E-state index in [1.54, 1.807) is 24.3 Å². The van der Waals surface area contributed by atoms with Crippen molar-refractivity contribution in [2.45, 2.75) is 18.4 Å². The maximum Gasteiger partial charge on any atom is 0.269 e. The summed E-state index contributed by atoms with van der Waals surface area (Å²) in [7, 11) is 0. The first kappa shape index (κ1) is 17.4. The Labute approximate surface area is 166 Å². The Balaban J connectivity index is 1.64. The van der Waals surface area contributed by atoms with Crippen molar-refractivity contribution in [2.75, 3.05) is 5.32 Å². The van der Waals surface area contributed by atoms with Crippen LogP contribution >= 0.6 is 0 Å². The molecule has 2 aliphatic rings. The van der Waals surface area contributed by atoms with Crippen molar-refractivity contribution in [2.24, 2.45) is 5.92 Å². The Kier molecular flexibility index (Phi) is 3.84. The zero-order chi connectivity index (χ0) is 20.1. The van der Waals surface area contributed by atoms with Crippen molar-refractivity contribution < 1.29 is 9.85 Å². The number of fused-ring (bicyclic) bond motifs is 5. The smallest absolute Gasteiger partial charge is 0.269 e. The highest BCUT2D eigenvalue weighted by Gasteiger charge is 2.43. The minimum absolute atomic E-state index is 0.0397. The molecule has 3 aromatic rings. The van der Waals surface area contributed by atoms with E-state index in [1.807, 2.05) is 12.1 Å². The molecule has 3 aromatic carbocycles. The van der Waals surface area contributed by atoms with E-state index in [0.29, 0.717) is 0 Å². The number of benzene rings is 3. The molecule has 0 spiro atoms. The fourth-order valence-corrected chi connectivity index (χ4v) is 4.80. The Bertz CT molecular complexity index is 1140. The number of nitrogens with one attached hydrogen (secondary N) is 1. The minimum atomic E-state index is -0.402. The average molecular weight is 387 g/mol. The Morgan fingerprint density at radius 1 is 0.828 bits per heavy atom. The fourth-order valence-electron chi connectivity index (χ4n) is 4.80. The normalized spacial score (nSPS) is 21.4. The maximum absolute atomic E-state index is 11.3. The molecule has 0 saturated heterocycles. The molecule has 0 radical (unpaired) electrons. The molecule has 1 aliphatic heterocycles. The third-order valence-corrected chi connectivity index (χ3v) is 6.06. The van der Waals surface area contributed by atoms with Crippen LogP contribution in [0.1, 0.15) is 34.2 Å². The number of nitrogens with zero attached hydrogens (tertiary/aromatic N) is 2. The molecular formula is C22H17N3O4. The fraction of sp³-hybridized carbons (Fsp3) is 0.182.